The number of hydrogen-bond acceptors (Lipinski definition) is 6. The number of anilines is 2. The Kier molecular flexibility index (Phi) is 5.20. The van der Waals surface area contributed by atoms with Crippen LogP contribution in [0.2, 0.25) is 0 Å². The van der Waals surface area contributed by atoms with Crippen molar-refractivity contribution in [3.63, 3.8) is 0 Å². The first-order valence-corrected chi connectivity index (χ1v) is 6.86. The van der Waals surface area contributed by atoms with Crippen LogP contribution in [0.25, 0.3) is 0 Å². The lowest BCUT2D eigenvalue weighted by Crippen LogP contribution is -2.17. The van der Waals surface area contributed by atoms with Crippen molar-refractivity contribution in [2.75, 3.05) is 24.2 Å². The smallest absolute Gasteiger partial charge is 0.451 e. The van der Waals surface area contributed by atoms with E-state index in [1.807, 2.05) is 31.2 Å². The lowest BCUT2D eigenvalue weighted by molar-refractivity contribution is -0.144. The molecule has 0 bridgehead atoms. The molecule has 0 saturated heterocycles. The summed E-state index contributed by atoms with van der Waals surface area (Å²) in [5.74, 6) is -1.27. The Morgan fingerprint density at radius 2 is 1.83 bits per heavy atom. The summed E-state index contributed by atoms with van der Waals surface area (Å²) in [5, 5.41) is 2.67. The molecule has 1 aromatic heterocycles. The molecule has 23 heavy (non-hydrogen) atoms. The number of alkyl halides is 3. The minimum Gasteiger partial charge on any atom is -0.494 e. The molecule has 9 heteroatoms. The van der Waals surface area contributed by atoms with Crippen LogP contribution >= 0.6 is 0 Å². The van der Waals surface area contributed by atoms with Gasteiger partial charge in [-0.1, -0.05) is 17.7 Å². The molecule has 0 aliphatic heterocycles. The van der Waals surface area contributed by atoms with Gasteiger partial charge in [0.15, 0.2) is 0 Å². The Morgan fingerprint density at radius 1 is 1.13 bits per heavy atom. The molecule has 0 aliphatic rings. The fraction of sp³-hybridized carbons (Fsp3) is 0.357. The standard InChI is InChI=1S/C14H16F3N5O/c1-9-3-5-10(6-4-9)23-8-2-7-19-13-21-11(14(15,16)17)20-12(18)22-13/h3-6H,2,7-8H2,1H3,(H3,18,19,20,21,22). The van der Waals surface area contributed by atoms with Crippen molar-refractivity contribution in [1.82, 2.24) is 15.0 Å². The summed E-state index contributed by atoms with van der Waals surface area (Å²) in [6.45, 7) is 2.72. The van der Waals surface area contributed by atoms with Gasteiger partial charge < -0.3 is 15.8 Å². The Bertz CT molecular complexity index is 646. The van der Waals surface area contributed by atoms with E-state index >= 15 is 0 Å². The number of nitrogens with zero attached hydrogens (tertiary/aromatic N) is 3. The third kappa shape index (κ3) is 5.28. The maximum Gasteiger partial charge on any atom is 0.451 e. The number of halogens is 3. The zero-order valence-corrected chi connectivity index (χ0v) is 12.4. The summed E-state index contributed by atoms with van der Waals surface area (Å²) in [5.41, 5.74) is 6.38. The molecular weight excluding hydrogens is 311 g/mol. The summed E-state index contributed by atoms with van der Waals surface area (Å²) in [7, 11) is 0. The van der Waals surface area contributed by atoms with E-state index in [-0.39, 0.29) is 5.95 Å². The highest BCUT2D eigenvalue weighted by Gasteiger charge is 2.35. The summed E-state index contributed by atoms with van der Waals surface area (Å²) in [6.07, 6.45) is -4.11. The molecule has 0 saturated carbocycles. The van der Waals surface area contributed by atoms with Crippen molar-refractivity contribution in [3.05, 3.63) is 35.7 Å². The second-order valence-electron chi connectivity index (χ2n) is 4.78. The molecule has 0 atom stereocenters. The van der Waals surface area contributed by atoms with Crippen LogP contribution in [0.4, 0.5) is 25.1 Å². The van der Waals surface area contributed by atoms with Gasteiger partial charge in [0.2, 0.25) is 17.7 Å². The molecule has 1 heterocycles. The average molecular weight is 327 g/mol. The molecule has 2 rings (SSSR count). The van der Waals surface area contributed by atoms with Gasteiger partial charge in [0.05, 0.1) is 6.61 Å². The van der Waals surface area contributed by atoms with E-state index in [9.17, 15) is 13.2 Å². The molecule has 6 nitrogen and oxygen atoms in total. The molecule has 1 aromatic carbocycles. The number of aryl methyl sites for hydroxylation is 1. The Hall–Kier alpha value is -2.58. The van der Waals surface area contributed by atoms with E-state index in [4.69, 9.17) is 10.5 Å². The number of rotatable bonds is 6. The Balaban J connectivity index is 1.80. The van der Waals surface area contributed by atoms with Crippen LogP contribution in [-0.4, -0.2) is 28.1 Å². The van der Waals surface area contributed by atoms with Crippen LogP contribution < -0.4 is 15.8 Å². The number of benzene rings is 1. The zero-order chi connectivity index (χ0) is 16.9. The van der Waals surface area contributed by atoms with Gasteiger partial charge in [-0.3, -0.25) is 0 Å². The minimum atomic E-state index is -4.66. The third-order valence-electron chi connectivity index (χ3n) is 2.80. The lowest BCUT2D eigenvalue weighted by atomic mass is 10.2. The van der Waals surface area contributed by atoms with E-state index in [2.05, 4.69) is 20.3 Å². The van der Waals surface area contributed by atoms with Gasteiger partial charge in [-0.15, -0.1) is 0 Å². The van der Waals surface area contributed by atoms with Crippen molar-refractivity contribution < 1.29 is 17.9 Å². The van der Waals surface area contributed by atoms with Gasteiger partial charge in [0.25, 0.3) is 0 Å². The molecule has 0 unspecified atom stereocenters. The molecule has 0 spiro atoms. The van der Waals surface area contributed by atoms with Gasteiger partial charge in [-0.2, -0.15) is 28.1 Å². The molecule has 0 aliphatic carbocycles. The first-order chi connectivity index (χ1) is 10.8. The van der Waals surface area contributed by atoms with Crippen LogP contribution in [0.5, 0.6) is 5.75 Å². The van der Waals surface area contributed by atoms with Gasteiger partial charge in [-0.25, -0.2) is 0 Å². The fourth-order valence-electron chi connectivity index (χ4n) is 1.70. The van der Waals surface area contributed by atoms with E-state index in [1.165, 1.54) is 0 Å². The predicted octanol–water partition coefficient (Wildman–Crippen LogP) is 2.66. The number of ether oxygens (including phenoxy) is 1. The number of nitrogen functional groups attached to an aromatic ring is 1. The monoisotopic (exact) mass is 327 g/mol. The molecule has 124 valence electrons. The second kappa shape index (κ2) is 7.12. The first-order valence-electron chi connectivity index (χ1n) is 6.86. The molecule has 2 aromatic rings. The maximum absolute atomic E-state index is 12.6. The molecular formula is C14H16F3N5O. The normalized spacial score (nSPS) is 11.3. The number of nitrogens with one attached hydrogen (secondary N) is 1. The van der Waals surface area contributed by atoms with Crippen LogP contribution in [0.3, 0.4) is 0 Å². The van der Waals surface area contributed by atoms with Crippen molar-refractivity contribution in [2.45, 2.75) is 19.5 Å². The highest BCUT2D eigenvalue weighted by atomic mass is 19.4. The van der Waals surface area contributed by atoms with E-state index < -0.39 is 17.9 Å². The van der Waals surface area contributed by atoms with E-state index in [0.29, 0.717) is 19.6 Å². The van der Waals surface area contributed by atoms with Crippen molar-refractivity contribution in [2.24, 2.45) is 0 Å². The maximum atomic E-state index is 12.6. The first kappa shape index (κ1) is 16.8. The highest BCUT2D eigenvalue weighted by molar-refractivity contribution is 5.31. The zero-order valence-electron chi connectivity index (χ0n) is 12.4. The van der Waals surface area contributed by atoms with Crippen LogP contribution in [0.15, 0.2) is 24.3 Å². The van der Waals surface area contributed by atoms with E-state index in [1.54, 1.807) is 0 Å². The summed E-state index contributed by atoms with van der Waals surface area (Å²) in [4.78, 5) is 9.97. The van der Waals surface area contributed by atoms with Crippen molar-refractivity contribution >= 4 is 11.9 Å². The average Bonchev–Trinajstić information content (AvgIpc) is 2.47. The highest BCUT2D eigenvalue weighted by Crippen LogP contribution is 2.26. The van der Waals surface area contributed by atoms with Gasteiger partial charge in [0, 0.05) is 6.54 Å². The largest absolute Gasteiger partial charge is 0.494 e. The van der Waals surface area contributed by atoms with E-state index in [0.717, 1.165) is 11.3 Å². The Morgan fingerprint density at radius 3 is 2.48 bits per heavy atom. The van der Waals surface area contributed by atoms with Crippen LogP contribution in [-0.2, 0) is 6.18 Å². The molecule has 0 fully saturated rings. The molecule has 0 amide bonds. The lowest BCUT2D eigenvalue weighted by Gasteiger charge is -2.09. The van der Waals surface area contributed by atoms with Gasteiger partial charge in [-0.05, 0) is 25.5 Å². The van der Waals surface area contributed by atoms with Crippen LogP contribution in [0, 0.1) is 6.92 Å². The van der Waals surface area contributed by atoms with Crippen molar-refractivity contribution in [1.29, 1.82) is 0 Å². The number of hydrogen-bond donors (Lipinski definition) is 2. The van der Waals surface area contributed by atoms with Crippen molar-refractivity contribution in [3.8, 4) is 5.75 Å². The topological polar surface area (TPSA) is 86.0 Å². The quantitative estimate of drug-likeness (QED) is 0.793. The second-order valence-corrected chi connectivity index (χ2v) is 4.78. The minimum absolute atomic E-state index is 0.208. The number of aromatic nitrogens is 3. The predicted molar refractivity (Wildman–Crippen MR) is 79.0 cm³/mol. The van der Waals surface area contributed by atoms with Gasteiger partial charge in [0.1, 0.15) is 5.75 Å². The molecule has 0 radical (unpaired) electrons. The summed E-state index contributed by atoms with van der Waals surface area (Å²) >= 11 is 0. The third-order valence-corrected chi connectivity index (χ3v) is 2.80. The summed E-state index contributed by atoms with van der Waals surface area (Å²) in [6, 6.07) is 7.57. The van der Waals surface area contributed by atoms with Crippen LogP contribution in [0.1, 0.15) is 17.8 Å². The number of nitrogens with two attached hydrogens (primary N) is 1. The van der Waals surface area contributed by atoms with Gasteiger partial charge >= 0.3 is 6.18 Å². The molecule has 3 N–H and O–H groups in total. The SMILES string of the molecule is Cc1ccc(OCCCNc2nc(N)nc(C(F)(F)F)n2)cc1. The fourth-order valence-corrected chi connectivity index (χ4v) is 1.70. The summed E-state index contributed by atoms with van der Waals surface area (Å²) < 4.78 is 43.2. The Labute approximate surface area is 130 Å².